The van der Waals surface area contributed by atoms with Gasteiger partial charge in [-0.15, -0.1) is 11.8 Å². The van der Waals surface area contributed by atoms with Crippen LogP contribution in [0.25, 0.3) is 10.9 Å². The molecule has 0 unspecified atom stereocenters. The van der Waals surface area contributed by atoms with E-state index < -0.39 is 6.17 Å². The zero-order valence-electron chi connectivity index (χ0n) is 20.8. The second-order valence-electron chi connectivity index (χ2n) is 9.64. The molecule has 0 bridgehead atoms. The van der Waals surface area contributed by atoms with Crippen molar-refractivity contribution >= 4 is 22.7 Å². The third-order valence-corrected chi connectivity index (χ3v) is 8.28. The number of aliphatic hydroxyl groups is 1. The van der Waals surface area contributed by atoms with Crippen LogP contribution in [0.3, 0.4) is 0 Å². The van der Waals surface area contributed by atoms with Gasteiger partial charge >= 0.3 is 0 Å². The first-order chi connectivity index (χ1) is 17.1. The van der Waals surface area contributed by atoms with Crippen molar-refractivity contribution in [3.8, 4) is 5.75 Å². The van der Waals surface area contributed by atoms with Crippen LogP contribution in [-0.2, 0) is 0 Å². The number of piperidine rings is 1. The van der Waals surface area contributed by atoms with Crippen molar-refractivity contribution in [1.29, 1.82) is 0 Å². The zero-order valence-corrected chi connectivity index (χ0v) is 21.6. The van der Waals surface area contributed by atoms with Gasteiger partial charge in [0.15, 0.2) is 0 Å². The molecule has 1 aliphatic heterocycles. The number of benzene rings is 2. The molecule has 2 heterocycles. The number of ether oxygens (including phenoxy) is 1. The number of alkyl halides is 1. The van der Waals surface area contributed by atoms with Crippen molar-refractivity contribution in [2.24, 2.45) is 11.8 Å². The van der Waals surface area contributed by atoms with Crippen LogP contribution >= 0.6 is 11.8 Å². The summed E-state index contributed by atoms with van der Waals surface area (Å²) in [5.74, 6) is 2.39. The van der Waals surface area contributed by atoms with Crippen LogP contribution < -0.4 is 4.74 Å². The number of likely N-dealkylation sites (tertiary alicyclic amines) is 1. The fraction of sp³-hybridized carbons (Fsp3) is 0.483. The van der Waals surface area contributed by atoms with E-state index in [0.717, 1.165) is 55.6 Å². The van der Waals surface area contributed by atoms with Crippen molar-refractivity contribution in [3.05, 3.63) is 65.9 Å². The van der Waals surface area contributed by atoms with Gasteiger partial charge in [0.05, 0.1) is 12.6 Å². The van der Waals surface area contributed by atoms with E-state index in [2.05, 4.69) is 41.1 Å². The Morgan fingerprint density at radius 3 is 2.89 bits per heavy atom. The molecule has 0 spiro atoms. The normalized spacial score (nSPS) is 19.7. The second-order valence-corrected chi connectivity index (χ2v) is 10.8. The Morgan fingerprint density at radius 1 is 1.20 bits per heavy atom. The molecule has 1 saturated heterocycles. The molecular formula is C29H37FN2O2S. The number of aromatic nitrogens is 1. The fourth-order valence-corrected chi connectivity index (χ4v) is 6.15. The molecule has 1 N–H and O–H groups in total. The summed E-state index contributed by atoms with van der Waals surface area (Å²) in [6.45, 7) is 5.29. The first-order valence-electron chi connectivity index (χ1n) is 12.7. The monoisotopic (exact) mass is 496 g/mol. The lowest BCUT2D eigenvalue weighted by Gasteiger charge is -2.38. The number of hydrogen-bond donors (Lipinski definition) is 1. The van der Waals surface area contributed by atoms with Gasteiger partial charge < -0.3 is 14.7 Å². The minimum absolute atomic E-state index is 0.172. The largest absolute Gasteiger partial charge is 0.497 e. The first kappa shape index (κ1) is 25.9. The number of aryl methyl sites for hydroxylation is 1. The van der Waals surface area contributed by atoms with Crippen molar-refractivity contribution in [2.45, 2.75) is 43.7 Å². The van der Waals surface area contributed by atoms with Gasteiger partial charge in [-0.25, -0.2) is 4.39 Å². The number of rotatable bonds is 11. The fourth-order valence-electron chi connectivity index (χ4n) is 5.19. The van der Waals surface area contributed by atoms with Crippen molar-refractivity contribution in [2.75, 3.05) is 39.1 Å². The third kappa shape index (κ3) is 6.96. The minimum Gasteiger partial charge on any atom is -0.497 e. The van der Waals surface area contributed by atoms with Gasteiger partial charge in [-0.3, -0.25) is 4.98 Å². The molecule has 0 radical (unpaired) electrons. The van der Waals surface area contributed by atoms with Crippen LogP contribution in [0.1, 0.15) is 43.0 Å². The minimum atomic E-state index is -1.05. The van der Waals surface area contributed by atoms with Gasteiger partial charge in [-0.2, -0.15) is 0 Å². The molecule has 1 aliphatic rings. The number of thioether (sulfide) groups is 1. The number of aliphatic hydroxyl groups excluding tert-OH is 1. The molecule has 1 fully saturated rings. The number of halogens is 1. The summed E-state index contributed by atoms with van der Waals surface area (Å²) in [6, 6.07) is 16.0. The smallest absolute Gasteiger partial charge is 0.126 e. The Hall–Kier alpha value is -2.15. The Bertz CT molecular complexity index is 1100. The molecule has 0 amide bonds. The maximum absolute atomic E-state index is 15.4. The molecule has 0 aliphatic carbocycles. The molecule has 2 aromatic carbocycles. The average Bonchev–Trinajstić information content (AvgIpc) is 2.89. The maximum atomic E-state index is 15.4. The molecule has 4 rings (SSSR count). The summed E-state index contributed by atoms with van der Waals surface area (Å²) < 4.78 is 20.7. The third-order valence-electron chi connectivity index (χ3n) is 7.20. The Labute approximate surface area is 212 Å². The molecule has 3 atom stereocenters. The Morgan fingerprint density at radius 2 is 2.09 bits per heavy atom. The van der Waals surface area contributed by atoms with E-state index >= 15 is 4.39 Å². The van der Waals surface area contributed by atoms with Crippen LogP contribution in [-0.4, -0.2) is 54.1 Å². The SMILES string of the molecule is COc1ccc2nccc([C@@H](F)CC[C@@H]3CCN(CCCSc4cccc(C)c4)C[C@@H]3CO)c2c1. The van der Waals surface area contributed by atoms with E-state index in [1.54, 1.807) is 19.4 Å². The summed E-state index contributed by atoms with van der Waals surface area (Å²) in [5.41, 5.74) is 2.77. The summed E-state index contributed by atoms with van der Waals surface area (Å²) in [5, 5.41) is 10.9. The number of hydrogen-bond acceptors (Lipinski definition) is 5. The zero-order chi connectivity index (χ0) is 24.6. The van der Waals surface area contributed by atoms with Gasteiger partial charge in [0.25, 0.3) is 0 Å². The number of nitrogens with zero attached hydrogens (tertiary/aromatic N) is 2. The van der Waals surface area contributed by atoms with Crippen molar-refractivity contribution in [1.82, 2.24) is 9.88 Å². The highest BCUT2D eigenvalue weighted by molar-refractivity contribution is 7.99. The number of methoxy groups -OCH3 is 1. The molecule has 6 heteroatoms. The highest BCUT2D eigenvalue weighted by Crippen LogP contribution is 2.35. The summed E-state index contributed by atoms with van der Waals surface area (Å²) in [7, 11) is 1.62. The molecule has 35 heavy (non-hydrogen) atoms. The Kier molecular flexibility index (Phi) is 9.41. The molecule has 1 aromatic heterocycles. The highest BCUT2D eigenvalue weighted by Gasteiger charge is 2.29. The Balaban J connectivity index is 1.26. The van der Waals surface area contributed by atoms with Gasteiger partial charge in [-0.05, 0) is 105 Å². The van der Waals surface area contributed by atoms with E-state index in [1.807, 2.05) is 30.0 Å². The van der Waals surface area contributed by atoms with Gasteiger partial charge in [-0.1, -0.05) is 17.7 Å². The van der Waals surface area contributed by atoms with Gasteiger partial charge in [0, 0.05) is 29.6 Å². The average molecular weight is 497 g/mol. The topological polar surface area (TPSA) is 45.6 Å². The van der Waals surface area contributed by atoms with Crippen LogP contribution in [0.15, 0.2) is 59.6 Å². The molecule has 0 saturated carbocycles. The standard InChI is InChI=1S/C29H37FN2O2S/c1-21-5-3-6-25(17-21)35-16-4-14-32-15-12-22(23(19-32)20-33)7-9-28(30)26-11-13-31-29-10-8-24(34-2)18-27(26)29/h3,5-6,8,10-11,13,17-18,22-23,28,33H,4,7,9,12,14-16,19-20H2,1-2H3/t22-,23-,28+/m1/s1. The molecule has 4 nitrogen and oxygen atoms in total. The quantitative estimate of drug-likeness (QED) is 0.244. The predicted molar refractivity (Wildman–Crippen MR) is 143 cm³/mol. The van der Waals surface area contributed by atoms with Crippen LogP contribution in [0.5, 0.6) is 5.75 Å². The van der Waals surface area contributed by atoms with Crippen molar-refractivity contribution < 1.29 is 14.2 Å². The highest BCUT2D eigenvalue weighted by atomic mass is 32.2. The lowest BCUT2D eigenvalue weighted by Crippen LogP contribution is -2.42. The van der Waals surface area contributed by atoms with E-state index in [9.17, 15) is 5.11 Å². The van der Waals surface area contributed by atoms with Crippen LogP contribution in [0.4, 0.5) is 4.39 Å². The van der Waals surface area contributed by atoms with E-state index in [-0.39, 0.29) is 12.5 Å². The summed E-state index contributed by atoms with van der Waals surface area (Å²) in [6.07, 6.45) is 4.04. The molecule has 188 valence electrons. The van der Waals surface area contributed by atoms with E-state index in [4.69, 9.17) is 4.74 Å². The van der Waals surface area contributed by atoms with Crippen molar-refractivity contribution in [3.63, 3.8) is 0 Å². The van der Waals surface area contributed by atoms with Crippen LogP contribution in [0, 0.1) is 18.8 Å². The van der Waals surface area contributed by atoms with Gasteiger partial charge in [0.2, 0.25) is 0 Å². The lowest BCUT2D eigenvalue weighted by molar-refractivity contribution is 0.0640. The van der Waals surface area contributed by atoms with Crippen LogP contribution in [0.2, 0.25) is 0 Å². The number of fused-ring (bicyclic) bond motifs is 1. The lowest BCUT2D eigenvalue weighted by atomic mass is 9.81. The maximum Gasteiger partial charge on any atom is 0.126 e. The second kappa shape index (κ2) is 12.7. The molecular weight excluding hydrogens is 459 g/mol. The molecule has 3 aromatic rings. The number of pyridine rings is 1. The van der Waals surface area contributed by atoms with E-state index in [0.29, 0.717) is 23.7 Å². The van der Waals surface area contributed by atoms with Gasteiger partial charge in [0.1, 0.15) is 11.9 Å². The summed E-state index contributed by atoms with van der Waals surface area (Å²) >= 11 is 1.91. The summed E-state index contributed by atoms with van der Waals surface area (Å²) in [4.78, 5) is 8.18. The first-order valence-corrected chi connectivity index (χ1v) is 13.7. The predicted octanol–water partition coefficient (Wildman–Crippen LogP) is 6.46. The van der Waals surface area contributed by atoms with E-state index in [1.165, 1.54) is 10.5 Å².